The first-order valence-electron chi connectivity index (χ1n) is 6.75. The van der Waals surface area contributed by atoms with Crippen LogP contribution < -0.4 is 10.6 Å². The van der Waals surface area contributed by atoms with E-state index in [1.807, 2.05) is 32.0 Å². The van der Waals surface area contributed by atoms with Gasteiger partial charge in [-0.15, -0.1) is 0 Å². The first kappa shape index (κ1) is 13.7. The number of rotatable bonds is 4. The number of carbonyl (C=O) groups excluding carboxylic acids is 2. The van der Waals surface area contributed by atoms with E-state index < -0.39 is 5.41 Å². The Balaban J connectivity index is 2.46. The lowest BCUT2D eigenvalue weighted by molar-refractivity contribution is -0.126. The molecule has 4 nitrogen and oxygen atoms in total. The number of carbonyl (C=O) groups is 2. The largest absolute Gasteiger partial charge is 0.326 e. The minimum atomic E-state index is -0.529. The van der Waals surface area contributed by atoms with E-state index in [-0.39, 0.29) is 11.8 Å². The molecule has 0 radical (unpaired) electrons. The number of amides is 2. The van der Waals surface area contributed by atoms with E-state index in [2.05, 4.69) is 0 Å². The molecule has 1 aliphatic heterocycles. The fourth-order valence-corrected chi connectivity index (χ4v) is 2.74. The van der Waals surface area contributed by atoms with E-state index in [1.54, 1.807) is 6.07 Å². The van der Waals surface area contributed by atoms with Crippen LogP contribution in [0.5, 0.6) is 0 Å². The van der Waals surface area contributed by atoms with Gasteiger partial charge in [-0.25, -0.2) is 4.90 Å². The molecular weight excluding hydrogens is 240 g/mol. The Morgan fingerprint density at radius 3 is 2.37 bits per heavy atom. The van der Waals surface area contributed by atoms with Gasteiger partial charge < -0.3 is 5.73 Å². The molecule has 102 valence electrons. The molecule has 4 heteroatoms. The average Bonchev–Trinajstić information content (AvgIpc) is 2.70. The molecule has 0 aliphatic carbocycles. The molecule has 1 saturated heterocycles. The topological polar surface area (TPSA) is 63.4 Å². The van der Waals surface area contributed by atoms with Crippen molar-refractivity contribution in [1.29, 1.82) is 0 Å². The monoisotopic (exact) mass is 260 g/mol. The molecule has 1 heterocycles. The van der Waals surface area contributed by atoms with Gasteiger partial charge in [0, 0.05) is 13.0 Å². The number of hydrogen-bond donors (Lipinski definition) is 1. The highest BCUT2D eigenvalue weighted by atomic mass is 16.2. The van der Waals surface area contributed by atoms with Gasteiger partial charge in [-0.3, -0.25) is 9.59 Å². The van der Waals surface area contributed by atoms with Gasteiger partial charge in [0.25, 0.3) is 0 Å². The summed E-state index contributed by atoms with van der Waals surface area (Å²) in [5.74, 6) is -0.196. The summed E-state index contributed by atoms with van der Waals surface area (Å²) in [7, 11) is 0. The van der Waals surface area contributed by atoms with Crippen LogP contribution in [0, 0.1) is 5.41 Å². The van der Waals surface area contributed by atoms with Gasteiger partial charge in [0.2, 0.25) is 11.8 Å². The number of nitrogens with zero attached hydrogens (tertiary/aromatic N) is 1. The van der Waals surface area contributed by atoms with Crippen molar-refractivity contribution in [2.75, 3.05) is 4.90 Å². The second kappa shape index (κ2) is 5.13. The van der Waals surface area contributed by atoms with Crippen molar-refractivity contribution >= 4 is 17.5 Å². The van der Waals surface area contributed by atoms with E-state index in [1.165, 1.54) is 4.90 Å². The third-order valence-electron chi connectivity index (χ3n) is 4.20. The van der Waals surface area contributed by atoms with E-state index in [4.69, 9.17) is 5.73 Å². The van der Waals surface area contributed by atoms with Gasteiger partial charge in [0.15, 0.2) is 0 Å². The molecule has 0 atom stereocenters. The summed E-state index contributed by atoms with van der Waals surface area (Å²) < 4.78 is 0. The zero-order chi connectivity index (χ0) is 14.0. The lowest BCUT2D eigenvalue weighted by atomic mass is 9.81. The van der Waals surface area contributed by atoms with Crippen LogP contribution in [0.15, 0.2) is 24.3 Å². The minimum Gasteiger partial charge on any atom is -0.326 e. The maximum atomic E-state index is 12.6. The Morgan fingerprint density at radius 1 is 1.21 bits per heavy atom. The average molecular weight is 260 g/mol. The number of imide groups is 1. The van der Waals surface area contributed by atoms with Crippen molar-refractivity contribution in [3.05, 3.63) is 29.8 Å². The quantitative estimate of drug-likeness (QED) is 0.844. The molecule has 19 heavy (non-hydrogen) atoms. The number of anilines is 1. The molecule has 0 unspecified atom stereocenters. The van der Waals surface area contributed by atoms with Gasteiger partial charge >= 0.3 is 0 Å². The fourth-order valence-electron chi connectivity index (χ4n) is 2.74. The summed E-state index contributed by atoms with van der Waals surface area (Å²) in [6, 6.07) is 7.34. The third-order valence-corrected chi connectivity index (χ3v) is 4.20. The molecular formula is C15H20N2O2. The molecule has 2 amide bonds. The molecule has 2 N–H and O–H groups in total. The van der Waals surface area contributed by atoms with Crippen LogP contribution in [-0.2, 0) is 16.1 Å². The lowest BCUT2D eigenvalue weighted by Gasteiger charge is -2.24. The first-order valence-corrected chi connectivity index (χ1v) is 6.75. The summed E-state index contributed by atoms with van der Waals surface area (Å²) >= 11 is 0. The highest BCUT2D eigenvalue weighted by Crippen LogP contribution is 2.41. The van der Waals surface area contributed by atoms with Crippen molar-refractivity contribution < 1.29 is 9.59 Å². The summed E-state index contributed by atoms with van der Waals surface area (Å²) in [4.78, 5) is 26.2. The Kier molecular flexibility index (Phi) is 3.71. The third kappa shape index (κ3) is 2.06. The number of nitrogens with two attached hydrogens (primary N) is 1. The predicted molar refractivity (Wildman–Crippen MR) is 74.5 cm³/mol. The van der Waals surface area contributed by atoms with Crippen LogP contribution in [-0.4, -0.2) is 11.8 Å². The van der Waals surface area contributed by atoms with E-state index >= 15 is 0 Å². The van der Waals surface area contributed by atoms with E-state index in [9.17, 15) is 9.59 Å². The molecule has 1 aliphatic rings. The lowest BCUT2D eigenvalue weighted by Crippen LogP contribution is -2.35. The Labute approximate surface area is 113 Å². The van der Waals surface area contributed by atoms with Crippen LogP contribution >= 0.6 is 0 Å². The van der Waals surface area contributed by atoms with E-state index in [0.717, 1.165) is 5.56 Å². The maximum Gasteiger partial charge on any atom is 0.240 e. The smallest absolute Gasteiger partial charge is 0.240 e. The predicted octanol–water partition coefficient (Wildman–Crippen LogP) is 2.21. The summed E-state index contributed by atoms with van der Waals surface area (Å²) in [5, 5.41) is 0. The van der Waals surface area contributed by atoms with Crippen molar-refractivity contribution in [2.45, 2.75) is 39.7 Å². The first-order chi connectivity index (χ1) is 9.09. The number of hydrogen-bond acceptors (Lipinski definition) is 3. The van der Waals surface area contributed by atoms with Gasteiger partial charge in [0.1, 0.15) is 0 Å². The summed E-state index contributed by atoms with van der Waals surface area (Å²) in [5.41, 5.74) is 6.63. The minimum absolute atomic E-state index is 0.0802. The normalized spacial score (nSPS) is 18.2. The number of benzene rings is 1. The van der Waals surface area contributed by atoms with Crippen LogP contribution in [0.3, 0.4) is 0 Å². The van der Waals surface area contributed by atoms with Crippen LogP contribution in [0.1, 0.15) is 38.7 Å². The van der Waals surface area contributed by atoms with Gasteiger partial charge in [-0.1, -0.05) is 32.0 Å². The maximum absolute atomic E-state index is 12.6. The second-order valence-corrected chi connectivity index (χ2v) is 5.03. The van der Waals surface area contributed by atoms with E-state index in [0.29, 0.717) is 31.5 Å². The molecule has 0 saturated carbocycles. The fraction of sp³-hybridized carbons (Fsp3) is 0.467. The van der Waals surface area contributed by atoms with Crippen LogP contribution in [0.25, 0.3) is 0 Å². The highest BCUT2D eigenvalue weighted by Gasteiger charge is 2.49. The second-order valence-electron chi connectivity index (χ2n) is 5.03. The molecule has 1 aromatic rings. The van der Waals surface area contributed by atoms with Gasteiger partial charge in [-0.05, 0) is 24.5 Å². The van der Waals surface area contributed by atoms with Crippen molar-refractivity contribution in [3.8, 4) is 0 Å². The highest BCUT2D eigenvalue weighted by molar-refractivity contribution is 6.22. The standard InChI is InChI=1S/C15H20N2O2/c1-3-15(4-2)9-13(18)17(14(15)19)12-8-6-5-7-11(12)10-16/h5-8H,3-4,9-10,16H2,1-2H3. The summed E-state index contributed by atoms with van der Waals surface area (Å²) in [6.45, 7) is 4.25. The molecule has 2 rings (SSSR count). The molecule has 0 bridgehead atoms. The van der Waals surface area contributed by atoms with Crippen LogP contribution in [0.4, 0.5) is 5.69 Å². The number of para-hydroxylation sites is 1. The molecule has 1 aromatic carbocycles. The summed E-state index contributed by atoms with van der Waals surface area (Å²) in [6.07, 6.45) is 1.68. The van der Waals surface area contributed by atoms with Gasteiger partial charge in [0.05, 0.1) is 11.1 Å². The molecule has 1 fully saturated rings. The van der Waals surface area contributed by atoms with Crippen molar-refractivity contribution in [2.24, 2.45) is 11.1 Å². The molecule has 0 spiro atoms. The zero-order valence-electron chi connectivity index (χ0n) is 11.5. The molecule has 0 aromatic heterocycles. The zero-order valence-corrected chi connectivity index (χ0v) is 11.5. The Hall–Kier alpha value is -1.68. The van der Waals surface area contributed by atoms with Crippen molar-refractivity contribution in [3.63, 3.8) is 0 Å². The SMILES string of the molecule is CCC1(CC)CC(=O)N(c2ccccc2CN)C1=O. The van der Waals surface area contributed by atoms with Crippen LogP contribution in [0.2, 0.25) is 0 Å². The Bertz CT molecular complexity index is 507. The Morgan fingerprint density at radius 2 is 1.84 bits per heavy atom. The van der Waals surface area contributed by atoms with Crippen molar-refractivity contribution in [1.82, 2.24) is 0 Å². The van der Waals surface area contributed by atoms with Gasteiger partial charge in [-0.2, -0.15) is 0 Å².